The molecule has 2 aromatic rings. The van der Waals surface area contributed by atoms with E-state index in [-0.39, 0.29) is 0 Å². The maximum Gasteiger partial charge on any atom is 0.224 e. The quantitative estimate of drug-likeness (QED) is 0.843. The highest BCUT2D eigenvalue weighted by molar-refractivity contribution is 5.42. The van der Waals surface area contributed by atoms with Gasteiger partial charge in [0.15, 0.2) is 0 Å². The van der Waals surface area contributed by atoms with Gasteiger partial charge in [0.05, 0.1) is 0 Å². The van der Waals surface area contributed by atoms with Crippen LogP contribution in [0.3, 0.4) is 0 Å². The van der Waals surface area contributed by atoms with E-state index in [0.29, 0.717) is 5.95 Å². The molecule has 0 aliphatic carbocycles. The van der Waals surface area contributed by atoms with Crippen LogP contribution in [0.2, 0.25) is 0 Å². The van der Waals surface area contributed by atoms with Gasteiger partial charge in [-0.05, 0) is 25.8 Å². The molecule has 1 heterocycles. The number of anilines is 2. The Hall–Kier alpha value is -2.10. The average Bonchev–Trinajstić information content (AvgIpc) is 2.42. The van der Waals surface area contributed by atoms with Crippen LogP contribution in [0.25, 0.3) is 0 Å². The van der Waals surface area contributed by atoms with E-state index in [9.17, 15) is 0 Å². The van der Waals surface area contributed by atoms with Crippen molar-refractivity contribution in [3.05, 3.63) is 47.2 Å². The Morgan fingerprint density at radius 2 is 1.90 bits per heavy atom. The van der Waals surface area contributed by atoms with E-state index in [2.05, 4.69) is 58.7 Å². The number of rotatable bonds is 6. The number of nitrogens with zero attached hydrogens (tertiary/aromatic N) is 2. The second-order valence-corrected chi connectivity index (χ2v) is 4.99. The fourth-order valence-corrected chi connectivity index (χ4v) is 1.99. The lowest BCUT2D eigenvalue weighted by Gasteiger charge is -2.10. The number of hydrogen-bond donors (Lipinski definition) is 2. The van der Waals surface area contributed by atoms with E-state index in [1.54, 1.807) is 0 Å². The Morgan fingerprint density at radius 1 is 1.05 bits per heavy atom. The summed E-state index contributed by atoms with van der Waals surface area (Å²) in [7, 11) is 0. The zero-order valence-electron chi connectivity index (χ0n) is 12.4. The highest BCUT2D eigenvalue weighted by atomic mass is 15.1. The van der Waals surface area contributed by atoms with Crippen molar-refractivity contribution in [3.8, 4) is 0 Å². The normalized spacial score (nSPS) is 10.3. The molecule has 4 nitrogen and oxygen atoms in total. The molecule has 4 heteroatoms. The Bertz CT molecular complexity index is 566. The summed E-state index contributed by atoms with van der Waals surface area (Å²) >= 11 is 0. The Kier molecular flexibility index (Phi) is 4.93. The van der Waals surface area contributed by atoms with Crippen LogP contribution in [-0.2, 0) is 6.54 Å². The van der Waals surface area contributed by atoms with Crippen LogP contribution in [0.1, 0.15) is 30.2 Å². The standard InChI is InChI=1S/C16H22N4/c1-4-8-17-16-19-13(3)10-15(20-16)18-11-14-7-5-6-12(2)9-14/h5-7,9-10H,4,8,11H2,1-3H3,(H2,17,18,19,20). The van der Waals surface area contributed by atoms with Crippen LogP contribution >= 0.6 is 0 Å². The number of aryl methyl sites for hydroxylation is 2. The number of nitrogens with one attached hydrogen (secondary N) is 2. The highest BCUT2D eigenvalue weighted by Crippen LogP contribution is 2.12. The predicted molar refractivity (Wildman–Crippen MR) is 84.1 cm³/mol. The van der Waals surface area contributed by atoms with Crippen LogP contribution in [0.5, 0.6) is 0 Å². The summed E-state index contributed by atoms with van der Waals surface area (Å²) in [5.41, 5.74) is 3.49. The Balaban J connectivity index is 2.03. The molecule has 0 saturated heterocycles. The molecular weight excluding hydrogens is 248 g/mol. The molecule has 0 unspecified atom stereocenters. The van der Waals surface area contributed by atoms with Gasteiger partial charge in [0.1, 0.15) is 5.82 Å². The first-order valence-corrected chi connectivity index (χ1v) is 7.06. The maximum atomic E-state index is 4.48. The van der Waals surface area contributed by atoms with Crippen LogP contribution in [0.4, 0.5) is 11.8 Å². The zero-order chi connectivity index (χ0) is 14.4. The van der Waals surface area contributed by atoms with E-state index in [1.165, 1.54) is 11.1 Å². The third-order valence-electron chi connectivity index (χ3n) is 2.94. The van der Waals surface area contributed by atoms with Crippen molar-refractivity contribution in [2.45, 2.75) is 33.7 Å². The van der Waals surface area contributed by atoms with Gasteiger partial charge in [0.25, 0.3) is 0 Å². The molecule has 0 fully saturated rings. The minimum absolute atomic E-state index is 0.693. The largest absolute Gasteiger partial charge is 0.366 e. The maximum absolute atomic E-state index is 4.48. The summed E-state index contributed by atoms with van der Waals surface area (Å²) in [6, 6.07) is 10.4. The lowest BCUT2D eigenvalue weighted by atomic mass is 10.1. The first kappa shape index (κ1) is 14.3. The fraction of sp³-hybridized carbons (Fsp3) is 0.375. The third-order valence-corrected chi connectivity index (χ3v) is 2.94. The van der Waals surface area contributed by atoms with E-state index < -0.39 is 0 Å². The van der Waals surface area contributed by atoms with Crippen LogP contribution in [0.15, 0.2) is 30.3 Å². The summed E-state index contributed by atoms with van der Waals surface area (Å²) in [5, 5.41) is 6.58. The second-order valence-electron chi connectivity index (χ2n) is 4.99. The lowest BCUT2D eigenvalue weighted by Crippen LogP contribution is -2.08. The van der Waals surface area contributed by atoms with Crippen molar-refractivity contribution in [3.63, 3.8) is 0 Å². The minimum atomic E-state index is 0.693. The first-order valence-electron chi connectivity index (χ1n) is 7.06. The Morgan fingerprint density at radius 3 is 2.65 bits per heavy atom. The molecule has 2 rings (SSSR count). The van der Waals surface area contributed by atoms with Gasteiger partial charge in [-0.25, -0.2) is 4.98 Å². The lowest BCUT2D eigenvalue weighted by molar-refractivity contribution is 0.943. The molecular formula is C16H22N4. The molecule has 0 atom stereocenters. The second kappa shape index (κ2) is 6.89. The Labute approximate surface area is 120 Å². The minimum Gasteiger partial charge on any atom is -0.366 e. The topological polar surface area (TPSA) is 49.8 Å². The van der Waals surface area contributed by atoms with Gasteiger partial charge in [0.2, 0.25) is 5.95 Å². The van der Waals surface area contributed by atoms with E-state index in [4.69, 9.17) is 0 Å². The fourth-order valence-electron chi connectivity index (χ4n) is 1.99. The van der Waals surface area contributed by atoms with Crippen molar-refractivity contribution in [2.75, 3.05) is 17.2 Å². The predicted octanol–water partition coefficient (Wildman–Crippen LogP) is 3.53. The molecule has 0 aliphatic rings. The first-order chi connectivity index (χ1) is 9.67. The van der Waals surface area contributed by atoms with E-state index in [0.717, 1.165) is 31.0 Å². The average molecular weight is 270 g/mol. The van der Waals surface area contributed by atoms with Crippen molar-refractivity contribution >= 4 is 11.8 Å². The summed E-state index contributed by atoms with van der Waals surface area (Å²) in [5.74, 6) is 1.55. The molecule has 1 aromatic heterocycles. The highest BCUT2D eigenvalue weighted by Gasteiger charge is 2.02. The van der Waals surface area contributed by atoms with E-state index >= 15 is 0 Å². The summed E-state index contributed by atoms with van der Waals surface area (Å²) in [6.07, 6.45) is 1.06. The molecule has 0 aliphatic heterocycles. The third kappa shape index (κ3) is 4.23. The number of benzene rings is 1. The molecule has 2 N–H and O–H groups in total. The van der Waals surface area contributed by atoms with Gasteiger partial charge in [-0.15, -0.1) is 0 Å². The molecule has 20 heavy (non-hydrogen) atoms. The van der Waals surface area contributed by atoms with Gasteiger partial charge < -0.3 is 10.6 Å². The zero-order valence-corrected chi connectivity index (χ0v) is 12.4. The van der Waals surface area contributed by atoms with Gasteiger partial charge in [-0.1, -0.05) is 36.8 Å². The van der Waals surface area contributed by atoms with Gasteiger partial charge in [-0.2, -0.15) is 4.98 Å². The van der Waals surface area contributed by atoms with Crippen molar-refractivity contribution in [1.82, 2.24) is 9.97 Å². The molecule has 0 spiro atoms. The number of aromatic nitrogens is 2. The molecule has 1 aromatic carbocycles. The van der Waals surface area contributed by atoms with Gasteiger partial charge in [-0.3, -0.25) is 0 Å². The van der Waals surface area contributed by atoms with Crippen molar-refractivity contribution < 1.29 is 0 Å². The molecule has 0 bridgehead atoms. The monoisotopic (exact) mass is 270 g/mol. The van der Waals surface area contributed by atoms with Gasteiger partial charge >= 0.3 is 0 Å². The molecule has 106 valence electrons. The SMILES string of the molecule is CCCNc1nc(C)cc(NCc2cccc(C)c2)n1. The molecule has 0 saturated carbocycles. The summed E-state index contributed by atoms with van der Waals surface area (Å²) < 4.78 is 0. The molecule has 0 amide bonds. The number of hydrogen-bond acceptors (Lipinski definition) is 4. The van der Waals surface area contributed by atoms with Crippen LogP contribution in [-0.4, -0.2) is 16.5 Å². The van der Waals surface area contributed by atoms with Gasteiger partial charge in [0, 0.05) is 24.8 Å². The van der Waals surface area contributed by atoms with Crippen molar-refractivity contribution in [2.24, 2.45) is 0 Å². The smallest absolute Gasteiger partial charge is 0.224 e. The molecule has 0 radical (unpaired) electrons. The van der Waals surface area contributed by atoms with Crippen LogP contribution in [0, 0.1) is 13.8 Å². The van der Waals surface area contributed by atoms with Crippen LogP contribution < -0.4 is 10.6 Å². The van der Waals surface area contributed by atoms with E-state index in [1.807, 2.05) is 13.0 Å². The van der Waals surface area contributed by atoms with Crippen molar-refractivity contribution in [1.29, 1.82) is 0 Å². The summed E-state index contributed by atoms with van der Waals surface area (Å²) in [4.78, 5) is 8.85. The summed E-state index contributed by atoms with van der Waals surface area (Å²) in [6.45, 7) is 7.87.